The summed E-state index contributed by atoms with van der Waals surface area (Å²) >= 11 is 0. The second-order valence-electron chi connectivity index (χ2n) is 4.84. The van der Waals surface area contributed by atoms with Crippen LogP contribution in [0.2, 0.25) is 0 Å². The van der Waals surface area contributed by atoms with Crippen molar-refractivity contribution in [2.45, 2.75) is 46.1 Å². The molecule has 18 heavy (non-hydrogen) atoms. The maximum atomic E-state index is 11.5. The lowest BCUT2D eigenvalue weighted by atomic mass is 10.1. The van der Waals surface area contributed by atoms with Crippen molar-refractivity contribution < 1.29 is 9.90 Å². The Balaban J connectivity index is 2.47. The molecule has 0 unspecified atom stereocenters. The van der Waals surface area contributed by atoms with Crippen molar-refractivity contribution in [3.8, 4) is 0 Å². The van der Waals surface area contributed by atoms with Crippen LogP contribution in [0.3, 0.4) is 0 Å². The van der Waals surface area contributed by atoms with E-state index in [1.165, 1.54) is 0 Å². The summed E-state index contributed by atoms with van der Waals surface area (Å²) < 4.78 is 0. The van der Waals surface area contributed by atoms with E-state index in [1.807, 2.05) is 0 Å². The predicted molar refractivity (Wildman–Crippen MR) is 69.1 cm³/mol. The Morgan fingerprint density at radius 3 is 2.56 bits per heavy atom. The Hall–Kier alpha value is -1.65. The van der Waals surface area contributed by atoms with Gasteiger partial charge in [-0.25, -0.2) is 4.79 Å². The minimum absolute atomic E-state index is 0.308. The molecule has 0 bridgehead atoms. The highest BCUT2D eigenvalue weighted by Gasteiger charge is 2.33. The van der Waals surface area contributed by atoms with E-state index in [-0.39, 0.29) is 0 Å². The third-order valence-electron chi connectivity index (χ3n) is 3.37. The molecule has 98 valence electrons. The highest BCUT2D eigenvalue weighted by molar-refractivity contribution is 5.95. The minimum Gasteiger partial charge on any atom is -0.478 e. The van der Waals surface area contributed by atoms with E-state index >= 15 is 0 Å². The smallest absolute Gasteiger partial charge is 0.339 e. The summed E-state index contributed by atoms with van der Waals surface area (Å²) in [6, 6.07) is 0.444. The first-order valence-corrected chi connectivity index (χ1v) is 6.40. The molecular formula is C13H19N3O2. The summed E-state index contributed by atoms with van der Waals surface area (Å²) in [6.07, 6.45) is 3.21. The predicted octanol–water partition coefficient (Wildman–Crippen LogP) is 2.17. The SMILES string of the molecule is CCCN(c1nnc(C)c(C)c1C(=O)O)C1CC1. The van der Waals surface area contributed by atoms with Crippen molar-refractivity contribution in [2.24, 2.45) is 0 Å². The fraction of sp³-hybridized carbons (Fsp3) is 0.615. The molecule has 1 aromatic rings. The number of hydrogen-bond donors (Lipinski definition) is 1. The molecule has 5 nitrogen and oxygen atoms in total. The zero-order valence-electron chi connectivity index (χ0n) is 11.1. The number of carboxylic acid groups (broad SMARTS) is 1. The average Bonchev–Trinajstić information content (AvgIpc) is 3.13. The molecule has 0 aromatic carbocycles. The van der Waals surface area contributed by atoms with E-state index in [1.54, 1.807) is 13.8 Å². The molecule has 0 radical (unpaired) electrons. The maximum absolute atomic E-state index is 11.5. The molecule has 1 aliphatic carbocycles. The van der Waals surface area contributed by atoms with Gasteiger partial charge >= 0.3 is 5.97 Å². The minimum atomic E-state index is -0.915. The molecule has 1 N–H and O–H groups in total. The molecule has 0 spiro atoms. The molecular weight excluding hydrogens is 230 g/mol. The Morgan fingerprint density at radius 2 is 2.06 bits per heavy atom. The molecule has 0 amide bonds. The summed E-state index contributed by atoms with van der Waals surface area (Å²) in [5.74, 6) is -0.378. The van der Waals surface area contributed by atoms with E-state index in [0.717, 1.165) is 25.8 Å². The Labute approximate surface area is 107 Å². The quantitative estimate of drug-likeness (QED) is 0.866. The molecule has 0 atom stereocenters. The topological polar surface area (TPSA) is 66.3 Å². The van der Waals surface area contributed by atoms with Crippen molar-refractivity contribution in [3.05, 3.63) is 16.8 Å². The third kappa shape index (κ3) is 2.30. The van der Waals surface area contributed by atoms with Crippen LogP contribution in [0.4, 0.5) is 5.82 Å². The van der Waals surface area contributed by atoms with Gasteiger partial charge in [0.2, 0.25) is 0 Å². The van der Waals surface area contributed by atoms with Gasteiger partial charge in [0.1, 0.15) is 5.56 Å². The lowest BCUT2D eigenvalue weighted by molar-refractivity contribution is 0.0696. The largest absolute Gasteiger partial charge is 0.478 e. The van der Waals surface area contributed by atoms with Crippen molar-refractivity contribution in [2.75, 3.05) is 11.4 Å². The number of anilines is 1. The average molecular weight is 249 g/mol. The van der Waals surface area contributed by atoms with E-state index < -0.39 is 5.97 Å². The molecule has 1 fully saturated rings. The van der Waals surface area contributed by atoms with Crippen LogP contribution in [0.1, 0.15) is 47.8 Å². The highest BCUT2D eigenvalue weighted by atomic mass is 16.4. The number of aromatic carboxylic acids is 1. The number of aryl methyl sites for hydroxylation is 1. The van der Waals surface area contributed by atoms with Crippen molar-refractivity contribution in [1.82, 2.24) is 10.2 Å². The van der Waals surface area contributed by atoms with Gasteiger partial charge in [-0.3, -0.25) is 0 Å². The van der Waals surface area contributed by atoms with Crippen LogP contribution in [0.25, 0.3) is 0 Å². The third-order valence-corrected chi connectivity index (χ3v) is 3.37. The molecule has 1 aromatic heterocycles. The first-order chi connectivity index (χ1) is 8.56. The van der Waals surface area contributed by atoms with Crippen LogP contribution < -0.4 is 4.90 Å². The lowest BCUT2D eigenvalue weighted by Gasteiger charge is -2.24. The monoisotopic (exact) mass is 249 g/mol. The number of rotatable bonds is 5. The van der Waals surface area contributed by atoms with Crippen LogP contribution in [0.5, 0.6) is 0 Å². The van der Waals surface area contributed by atoms with Crippen LogP contribution in [0, 0.1) is 13.8 Å². The summed E-state index contributed by atoms with van der Waals surface area (Å²) in [5.41, 5.74) is 1.71. The molecule has 1 heterocycles. The molecule has 0 aliphatic heterocycles. The van der Waals surface area contributed by atoms with Gasteiger partial charge in [-0.2, -0.15) is 5.10 Å². The van der Waals surface area contributed by atoms with E-state index in [2.05, 4.69) is 22.0 Å². The van der Waals surface area contributed by atoms with E-state index in [0.29, 0.717) is 28.7 Å². The first-order valence-electron chi connectivity index (χ1n) is 6.40. The maximum Gasteiger partial charge on any atom is 0.339 e. The zero-order valence-corrected chi connectivity index (χ0v) is 11.1. The van der Waals surface area contributed by atoms with Crippen LogP contribution in [-0.4, -0.2) is 33.9 Å². The van der Waals surface area contributed by atoms with Gasteiger partial charge in [0.25, 0.3) is 0 Å². The van der Waals surface area contributed by atoms with Crippen LogP contribution in [0.15, 0.2) is 0 Å². The van der Waals surface area contributed by atoms with Gasteiger partial charge in [-0.1, -0.05) is 6.92 Å². The molecule has 2 rings (SSSR count). The normalized spacial score (nSPS) is 14.6. The number of hydrogen-bond acceptors (Lipinski definition) is 4. The van der Waals surface area contributed by atoms with Gasteiger partial charge in [0.05, 0.1) is 5.69 Å². The number of aromatic nitrogens is 2. The molecule has 1 aliphatic rings. The van der Waals surface area contributed by atoms with Crippen LogP contribution >= 0.6 is 0 Å². The first kappa shape index (κ1) is 12.8. The summed E-state index contributed by atoms with van der Waals surface area (Å²) in [7, 11) is 0. The fourth-order valence-electron chi connectivity index (χ4n) is 2.14. The van der Waals surface area contributed by atoms with Gasteiger partial charge in [0.15, 0.2) is 5.82 Å². The summed E-state index contributed by atoms with van der Waals surface area (Å²) in [4.78, 5) is 13.6. The number of carbonyl (C=O) groups is 1. The van der Waals surface area contributed by atoms with Crippen molar-refractivity contribution in [1.29, 1.82) is 0 Å². The standard InChI is InChI=1S/C13H19N3O2/c1-4-7-16(10-5-6-10)12-11(13(17)18)8(2)9(3)14-15-12/h10H,4-7H2,1-3H3,(H,17,18). The van der Waals surface area contributed by atoms with E-state index in [9.17, 15) is 9.90 Å². The lowest BCUT2D eigenvalue weighted by Crippen LogP contribution is -2.30. The second-order valence-corrected chi connectivity index (χ2v) is 4.84. The molecule has 1 saturated carbocycles. The fourth-order valence-corrected chi connectivity index (χ4v) is 2.14. The van der Waals surface area contributed by atoms with Gasteiger partial charge in [-0.05, 0) is 38.7 Å². The van der Waals surface area contributed by atoms with Crippen molar-refractivity contribution in [3.63, 3.8) is 0 Å². The molecule has 0 saturated heterocycles. The Kier molecular flexibility index (Phi) is 3.50. The summed E-state index contributed by atoms with van der Waals surface area (Å²) in [6.45, 7) is 6.51. The van der Waals surface area contributed by atoms with Crippen molar-refractivity contribution >= 4 is 11.8 Å². The van der Waals surface area contributed by atoms with Gasteiger partial charge in [0, 0.05) is 12.6 Å². The van der Waals surface area contributed by atoms with E-state index in [4.69, 9.17) is 0 Å². The Morgan fingerprint density at radius 1 is 1.39 bits per heavy atom. The summed E-state index contributed by atoms with van der Waals surface area (Å²) in [5, 5.41) is 17.6. The van der Waals surface area contributed by atoms with Gasteiger partial charge < -0.3 is 10.0 Å². The number of nitrogens with zero attached hydrogens (tertiary/aromatic N) is 3. The number of carboxylic acids is 1. The molecule has 5 heteroatoms. The zero-order chi connectivity index (χ0) is 13.3. The second kappa shape index (κ2) is 4.92. The van der Waals surface area contributed by atoms with Gasteiger partial charge in [-0.15, -0.1) is 5.10 Å². The van der Waals surface area contributed by atoms with Crippen LogP contribution in [-0.2, 0) is 0 Å². The highest BCUT2D eigenvalue weighted by Crippen LogP contribution is 2.33. The Bertz CT molecular complexity index is 470.